The summed E-state index contributed by atoms with van der Waals surface area (Å²) in [4.78, 5) is 0. The topological polar surface area (TPSA) is 79.2 Å². The SMILES string of the molecule is CC[C@H](O)C[C@@H]1CCC(C)(C)[C@@H](CCCCC[C@@H](O)/C=C/C(C)(C)[C@H]2CCC[C@@H](CC[C@@H](C)O)O2)O1. The number of hydrogen-bond acceptors (Lipinski definition) is 5. The summed E-state index contributed by atoms with van der Waals surface area (Å²) in [5.41, 5.74) is 0.0777. The Labute approximate surface area is 222 Å². The van der Waals surface area contributed by atoms with Gasteiger partial charge >= 0.3 is 0 Å². The van der Waals surface area contributed by atoms with Gasteiger partial charge in [0, 0.05) is 5.41 Å². The molecule has 0 aromatic heterocycles. The Bertz CT molecular complexity index is 628. The van der Waals surface area contributed by atoms with Gasteiger partial charge in [-0.1, -0.05) is 66.0 Å². The first-order chi connectivity index (χ1) is 16.9. The van der Waals surface area contributed by atoms with Gasteiger partial charge in [0.25, 0.3) is 0 Å². The number of rotatable bonds is 15. The molecule has 2 rings (SSSR count). The van der Waals surface area contributed by atoms with E-state index in [4.69, 9.17) is 9.47 Å². The van der Waals surface area contributed by atoms with Gasteiger partial charge in [-0.15, -0.1) is 0 Å². The van der Waals surface area contributed by atoms with E-state index < -0.39 is 6.10 Å². The van der Waals surface area contributed by atoms with Crippen LogP contribution in [0.2, 0.25) is 0 Å². The summed E-state index contributed by atoms with van der Waals surface area (Å²) in [5, 5.41) is 30.2. The minimum absolute atomic E-state index is 0.115. The van der Waals surface area contributed by atoms with Crippen LogP contribution < -0.4 is 0 Å². The second-order valence-corrected chi connectivity index (χ2v) is 13.1. The van der Waals surface area contributed by atoms with E-state index in [2.05, 4.69) is 33.8 Å². The average Bonchev–Trinajstić information content (AvgIpc) is 2.83. The van der Waals surface area contributed by atoms with E-state index in [-0.39, 0.29) is 47.5 Å². The van der Waals surface area contributed by atoms with Crippen molar-refractivity contribution in [2.45, 2.75) is 174 Å². The first kappa shape index (κ1) is 31.8. The Balaban J connectivity index is 1.69. The second kappa shape index (κ2) is 15.2. The van der Waals surface area contributed by atoms with Crippen LogP contribution in [-0.4, -0.2) is 58.0 Å². The van der Waals surface area contributed by atoms with E-state index in [9.17, 15) is 15.3 Å². The molecule has 0 aromatic rings. The van der Waals surface area contributed by atoms with Crippen molar-refractivity contribution in [1.82, 2.24) is 0 Å². The molecule has 2 fully saturated rings. The molecule has 5 heteroatoms. The predicted octanol–water partition coefficient (Wildman–Crippen LogP) is 6.71. The minimum atomic E-state index is -0.416. The normalized spacial score (nSPS) is 29.8. The van der Waals surface area contributed by atoms with Gasteiger partial charge in [-0.2, -0.15) is 0 Å². The number of ether oxygens (including phenoxy) is 2. The van der Waals surface area contributed by atoms with Crippen LogP contribution in [0, 0.1) is 10.8 Å². The van der Waals surface area contributed by atoms with Crippen LogP contribution in [0.5, 0.6) is 0 Å². The molecular weight excluding hydrogens is 452 g/mol. The highest BCUT2D eigenvalue weighted by atomic mass is 16.5. The molecule has 212 valence electrons. The van der Waals surface area contributed by atoms with E-state index in [1.54, 1.807) is 0 Å². The predicted molar refractivity (Wildman–Crippen MR) is 148 cm³/mol. The maximum Gasteiger partial charge on any atom is 0.0721 e. The van der Waals surface area contributed by atoms with Crippen molar-refractivity contribution in [2.75, 3.05) is 0 Å². The van der Waals surface area contributed by atoms with Gasteiger partial charge in [0.05, 0.1) is 42.7 Å². The Morgan fingerprint density at radius 1 is 0.944 bits per heavy atom. The first-order valence-electron chi connectivity index (χ1n) is 15.0. The van der Waals surface area contributed by atoms with E-state index in [1.165, 1.54) is 0 Å². The first-order valence-corrected chi connectivity index (χ1v) is 15.0. The smallest absolute Gasteiger partial charge is 0.0721 e. The number of unbranched alkanes of at least 4 members (excludes halogenated alkanes) is 2. The molecule has 5 nitrogen and oxygen atoms in total. The quantitative estimate of drug-likeness (QED) is 0.168. The van der Waals surface area contributed by atoms with Gasteiger partial charge in [-0.3, -0.25) is 0 Å². The maximum absolute atomic E-state index is 10.6. The number of aliphatic hydroxyl groups excluding tert-OH is 3. The monoisotopic (exact) mass is 510 g/mol. The summed E-state index contributed by atoms with van der Waals surface area (Å²) in [6.45, 7) is 12.9. The van der Waals surface area contributed by atoms with Crippen LogP contribution in [0.25, 0.3) is 0 Å². The molecule has 0 aliphatic carbocycles. The lowest BCUT2D eigenvalue weighted by Crippen LogP contribution is -2.42. The highest BCUT2D eigenvalue weighted by molar-refractivity contribution is 5.03. The summed E-state index contributed by atoms with van der Waals surface area (Å²) >= 11 is 0. The van der Waals surface area contributed by atoms with Gasteiger partial charge < -0.3 is 24.8 Å². The molecule has 7 atom stereocenters. The van der Waals surface area contributed by atoms with Crippen molar-refractivity contribution in [3.05, 3.63) is 12.2 Å². The third-order valence-corrected chi connectivity index (χ3v) is 8.64. The van der Waals surface area contributed by atoms with E-state index in [0.29, 0.717) is 0 Å². The van der Waals surface area contributed by atoms with Crippen molar-refractivity contribution in [1.29, 1.82) is 0 Å². The highest BCUT2D eigenvalue weighted by Crippen LogP contribution is 2.40. The Morgan fingerprint density at radius 3 is 2.39 bits per heavy atom. The van der Waals surface area contributed by atoms with Crippen LogP contribution in [0.3, 0.4) is 0 Å². The molecule has 2 heterocycles. The fourth-order valence-corrected chi connectivity index (χ4v) is 5.79. The van der Waals surface area contributed by atoms with Gasteiger partial charge in [0.1, 0.15) is 0 Å². The van der Waals surface area contributed by atoms with Crippen molar-refractivity contribution in [3.63, 3.8) is 0 Å². The standard InChI is InChI=1S/C31H58O5/c1-7-24(33)22-27-19-21-31(5,6)28(36-27)14-10-8-9-12-25(34)18-20-30(3,4)29-15-11-13-26(35-29)17-16-23(2)32/h18,20,23-29,32-34H,7-17,19,21-22H2,1-6H3/b20-18+/t23-,24+,25-,26+,27+,28-,29-/m1/s1. The van der Waals surface area contributed by atoms with Crippen LogP contribution in [0.4, 0.5) is 0 Å². The Hall–Kier alpha value is -0.460. The Morgan fingerprint density at radius 2 is 1.69 bits per heavy atom. The largest absolute Gasteiger partial charge is 0.393 e. The average molecular weight is 511 g/mol. The molecule has 0 unspecified atom stereocenters. The van der Waals surface area contributed by atoms with E-state index >= 15 is 0 Å². The second-order valence-electron chi connectivity index (χ2n) is 13.1. The molecule has 0 aromatic carbocycles. The van der Waals surface area contributed by atoms with Crippen LogP contribution >= 0.6 is 0 Å². The zero-order chi connectivity index (χ0) is 26.8. The Kier molecular flexibility index (Phi) is 13.4. The lowest BCUT2D eigenvalue weighted by atomic mass is 9.76. The summed E-state index contributed by atoms with van der Waals surface area (Å²) in [5.74, 6) is 0. The molecular formula is C31H58O5. The summed E-state index contributed by atoms with van der Waals surface area (Å²) < 4.78 is 12.8. The molecule has 0 amide bonds. The molecule has 0 radical (unpaired) electrons. The fraction of sp³-hybridized carbons (Fsp3) is 0.935. The maximum atomic E-state index is 10.6. The summed E-state index contributed by atoms with van der Waals surface area (Å²) in [6, 6.07) is 0. The molecule has 3 N–H and O–H groups in total. The van der Waals surface area contributed by atoms with Crippen molar-refractivity contribution >= 4 is 0 Å². The van der Waals surface area contributed by atoms with Gasteiger partial charge in [0.2, 0.25) is 0 Å². The number of aliphatic hydroxyl groups is 3. The third kappa shape index (κ3) is 11.1. The molecule has 0 saturated carbocycles. The van der Waals surface area contributed by atoms with Crippen molar-refractivity contribution in [3.8, 4) is 0 Å². The molecule has 2 saturated heterocycles. The van der Waals surface area contributed by atoms with Crippen molar-refractivity contribution < 1.29 is 24.8 Å². The van der Waals surface area contributed by atoms with Crippen LogP contribution in [0.1, 0.15) is 131 Å². The number of hydrogen-bond donors (Lipinski definition) is 3. The molecule has 0 spiro atoms. The molecule has 2 aliphatic rings. The lowest BCUT2D eigenvalue weighted by molar-refractivity contribution is -0.131. The van der Waals surface area contributed by atoms with Crippen LogP contribution in [-0.2, 0) is 9.47 Å². The van der Waals surface area contributed by atoms with Gasteiger partial charge in [-0.25, -0.2) is 0 Å². The van der Waals surface area contributed by atoms with E-state index in [0.717, 1.165) is 89.9 Å². The van der Waals surface area contributed by atoms with Crippen molar-refractivity contribution in [2.24, 2.45) is 10.8 Å². The summed E-state index contributed by atoms with van der Waals surface area (Å²) in [7, 11) is 0. The summed E-state index contributed by atoms with van der Waals surface area (Å²) in [6.07, 6.45) is 17.9. The van der Waals surface area contributed by atoms with Crippen LogP contribution in [0.15, 0.2) is 12.2 Å². The highest BCUT2D eigenvalue weighted by Gasteiger charge is 2.37. The molecule has 0 bridgehead atoms. The van der Waals surface area contributed by atoms with E-state index in [1.807, 2.05) is 19.9 Å². The molecule has 36 heavy (non-hydrogen) atoms. The minimum Gasteiger partial charge on any atom is -0.393 e. The van der Waals surface area contributed by atoms with Gasteiger partial charge in [0.15, 0.2) is 0 Å². The zero-order valence-electron chi connectivity index (χ0n) is 24.3. The van der Waals surface area contributed by atoms with Gasteiger partial charge in [-0.05, 0) is 83.0 Å². The zero-order valence-corrected chi connectivity index (χ0v) is 24.3. The fourth-order valence-electron chi connectivity index (χ4n) is 5.79. The third-order valence-electron chi connectivity index (χ3n) is 8.64. The molecule has 2 aliphatic heterocycles. The lowest BCUT2D eigenvalue weighted by Gasteiger charge is -2.43.